The highest BCUT2D eigenvalue weighted by atomic mass is 16.2. The van der Waals surface area contributed by atoms with Crippen molar-refractivity contribution in [1.82, 2.24) is 14.5 Å². The summed E-state index contributed by atoms with van der Waals surface area (Å²) in [7, 11) is 3.66. The minimum Gasteiger partial charge on any atom is -0.353 e. The SMILES string of the molecule is Cc1ccc(Cn2c(NC3CCCCC3)nc3c2CN(C)C(=O)N3C)cc1. The summed E-state index contributed by atoms with van der Waals surface area (Å²) in [5.41, 5.74) is 3.60. The molecule has 1 saturated carbocycles. The van der Waals surface area contributed by atoms with Gasteiger partial charge in [-0.15, -0.1) is 0 Å². The Labute approximate surface area is 161 Å². The average Bonchev–Trinajstić information content (AvgIpc) is 3.00. The molecule has 0 unspecified atom stereocenters. The fourth-order valence-corrected chi connectivity index (χ4v) is 4.12. The molecule has 27 heavy (non-hydrogen) atoms. The summed E-state index contributed by atoms with van der Waals surface area (Å²) in [6, 6.07) is 9.11. The van der Waals surface area contributed by atoms with Gasteiger partial charge in [-0.05, 0) is 25.3 Å². The monoisotopic (exact) mass is 367 g/mol. The Balaban J connectivity index is 1.70. The second-order valence-electron chi connectivity index (χ2n) is 7.95. The van der Waals surface area contributed by atoms with Crippen LogP contribution in [0.2, 0.25) is 0 Å². The predicted molar refractivity (Wildman–Crippen MR) is 108 cm³/mol. The van der Waals surface area contributed by atoms with Crippen LogP contribution in [0.25, 0.3) is 0 Å². The molecule has 2 amide bonds. The number of nitrogens with one attached hydrogen (secondary N) is 1. The molecule has 144 valence electrons. The van der Waals surface area contributed by atoms with Crippen molar-refractivity contribution in [1.29, 1.82) is 0 Å². The van der Waals surface area contributed by atoms with Gasteiger partial charge in [0.2, 0.25) is 5.95 Å². The summed E-state index contributed by atoms with van der Waals surface area (Å²) in [6.45, 7) is 3.45. The molecule has 2 aliphatic rings. The first-order valence-electron chi connectivity index (χ1n) is 9.93. The highest BCUT2D eigenvalue weighted by Gasteiger charge is 2.32. The van der Waals surface area contributed by atoms with Crippen LogP contribution in [0.4, 0.5) is 16.6 Å². The molecule has 0 bridgehead atoms. The predicted octanol–water partition coefficient (Wildman–Crippen LogP) is 3.99. The first-order chi connectivity index (χ1) is 13.0. The number of hydrogen-bond acceptors (Lipinski definition) is 3. The first kappa shape index (κ1) is 17.9. The maximum Gasteiger partial charge on any atom is 0.325 e. The number of rotatable bonds is 4. The largest absolute Gasteiger partial charge is 0.353 e. The number of imidazole rings is 1. The molecule has 1 aliphatic carbocycles. The minimum atomic E-state index is -0.00768. The van der Waals surface area contributed by atoms with E-state index in [9.17, 15) is 4.79 Å². The van der Waals surface area contributed by atoms with Crippen LogP contribution in [0.5, 0.6) is 0 Å². The van der Waals surface area contributed by atoms with Gasteiger partial charge in [-0.3, -0.25) is 4.90 Å². The van der Waals surface area contributed by atoms with Crippen molar-refractivity contribution in [3.05, 3.63) is 41.1 Å². The van der Waals surface area contributed by atoms with E-state index in [1.165, 1.54) is 43.2 Å². The summed E-state index contributed by atoms with van der Waals surface area (Å²) >= 11 is 0. The van der Waals surface area contributed by atoms with E-state index in [0.717, 1.165) is 24.0 Å². The number of aromatic nitrogens is 2. The number of anilines is 2. The Bertz CT molecular complexity index is 820. The van der Waals surface area contributed by atoms with Gasteiger partial charge in [-0.25, -0.2) is 4.79 Å². The number of urea groups is 1. The molecule has 2 aromatic rings. The van der Waals surface area contributed by atoms with Crippen LogP contribution in [-0.4, -0.2) is 40.6 Å². The smallest absolute Gasteiger partial charge is 0.325 e. The van der Waals surface area contributed by atoms with Crippen LogP contribution in [0.1, 0.15) is 48.9 Å². The Kier molecular flexibility index (Phi) is 4.81. The van der Waals surface area contributed by atoms with Gasteiger partial charge in [0, 0.05) is 20.1 Å². The number of carbonyl (C=O) groups excluding carboxylic acids is 1. The third kappa shape index (κ3) is 3.53. The van der Waals surface area contributed by atoms with E-state index in [1.807, 2.05) is 14.1 Å². The molecular formula is C21H29N5O. The molecule has 1 aromatic heterocycles. The third-order valence-corrected chi connectivity index (χ3v) is 5.77. The second kappa shape index (κ2) is 7.25. The van der Waals surface area contributed by atoms with Crippen molar-refractivity contribution in [2.24, 2.45) is 0 Å². The number of carbonyl (C=O) groups is 1. The van der Waals surface area contributed by atoms with E-state index in [0.29, 0.717) is 12.6 Å². The van der Waals surface area contributed by atoms with Crippen molar-refractivity contribution >= 4 is 17.8 Å². The van der Waals surface area contributed by atoms with Gasteiger partial charge < -0.3 is 14.8 Å². The van der Waals surface area contributed by atoms with Crippen molar-refractivity contribution in [3.63, 3.8) is 0 Å². The zero-order valence-electron chi connectivity index (χ0n) is 16.5. The lowest BCUT2D eigenvalue weighted by atomic mass is 9.96. The highest BCUT2D eigenvalue weighted by molar-refractivity contribution is 5.93. The molecular weight excluding hydrogens is 338 g/mol. The van der Waals surface area contributed by atoms with E-state index in [1.54, 1.807) is 9.80 Å². The van der Waals surface area contributed by atoms with Crippen molar-refractivity contribution in [2.75, 3.05) is 24.3 Å². The van der Waals surface area contributed by atoms with E-state index < -0.39 is 0 Å². The first-order valence-corrected chi connectivity index (χ1v) is 9.93. The molecule has 6 heteroatoms. The van der Waals surface area contributed by atoms with Crippen LogP contribution in [0.3, 0.4) is 0 Å². The van der Waals surface area contributed by atoms with E-state index in [2.05, 4.69) is 41.1 Å². The van der Waals surface area contributed by atoms with Crippen LogP contribution in [0, 0.1) is 6.92 Å². The summed E-state index contributed by atoms with van der Waals surface area (Å²) in [4.78, 5) is 20.6. The Morgan fingerprint density at radius 3 is 2.52 bits per heavy atom. The molecule has 2 heterocycles. The number of aryl methyl sites for hydroxylation is 1. The van der Waals surface area contributed by atoms with Crippen LogP contribution in [0.15, 0.2) is 24.3 Å². The van der Waals surface area contributed by atoms with Crippen LogP contribution < -0.4 is 10.2 Å². The maximum atomic E-state index is 12.4. The zero-order valence-corrected chi connectivity index (χ0v) is 16.5. The number of benzene rings is 1. The average molecular weight is 367 g/mol. The summed E-state index contributed by atoms with van der Waals surface area (Å²) < 4.78 is 2.26. The van der Waals surface area contributed by atoms with Gasteiger partial charge >= 0.3 is 6.03 Å². The second-order valence-corrected chi connectivity index (χ2v) is 7.95. The fourth-order valence-electron chi connectivity index (χ4n) is 4.12. The van der Waals surface area contributed by atoms with Crippen molar-refractivity contribution < 1.29 is 4.79 Å². The summed E-state index contributed by atoms with van der Waals surface area (Å²) in [5.74, 6) is 1.67. The van der Waals surface area contributed by atoms with Gasteiger partial charge in [0.25, 0.3) is 0 Å². The van der Waals surface area contributed by atoms with Gasteiger partial charge in [-0.1, -0.05) is 49.1 Å². The lowest BCUT2D eigenvalue weighted by Gasteiger charge is -2.30. The zero-order chi connectivity index (χ0) is 19.0. The summed E-state index contributed by atoms with van der Waals surface area (Å²) in [5, 5.41) is 3.68. The molecule has 0 saturated heterocycles. The van der Waals surface area contributed by atoms with Gasteiger partial charge in [0.1, 0.15) is 0 Å². The number of fused-ring (bicyclic) bond motifs is 1. The standard InChI is InChI=1S/C21H29N5O/c1-15-9-11-16(12-10-15)13-26-18-14-24(2)21(27)25(3)19(18)23-20(26)22-17-7-5-4-6-8-17/h9-12,17H,4-8,13-14H2,1-3H3,(H,22,23). The Hall–Kier alpha value is -2.50. The van der Waals surface area contributed by atoms with Crippen LogP contribution in [-0.2, 0) is 13.1 Å². The summed E-state index contributed by atoms with van der Waals surface area (Å²) in [6.07, 6.45) is 6.26. The van der Waals surface area contributed by atoms with Crippen LogP contribution >= 0.6 is 0 Å². The lowest BCUT2D eigenvalue weighted by molar-refractivity contribution is 0.210. The van der Waals surface area contributed by atoms with Crippen molar-refractivity contribution in [2.45, 2.75) is 58.2 Å². The third-order valence-electron chi connectivity index (χ3n) is 5.77. The molecule has 1 fully saturated rings. The van der Waals surface area contributed by atoms with Crippen molar-refractivity contribution in [3.8, 4) is 0 Å². The molecule has 0 spiro atoms. The molecule has 1 aromatic carbocycles. The van der Waals surface area contributed by atoms with E-state index >= 15 is 0 Å². The molecule has 4 rings (SSSR count). The lowest BCUT2D eigenvalue weighted by Crippen LogP contribution is -2.43. The number of amides is 2. The molecule has 1 aliphatic heterocycles. The minimum absolute atomic E-state index is 0.00768. The molecule has 1 N–H and O–H groups in total. The van der Waals surface area contributed by atoms with Gasteiger partial charge in [0.15, 0.2) is 5.82 Å². The van der Waals surface area contributed by atoms with Gasteiger partial charge in [0.05, 0.1) is 18.8 Å². The Morgan fingerprint density at radius 2 is 1.81 bits per heavy atom. The molecule has 6 nitrogen and oxygen atoms in total. The normalized spacial score (nSPS) is 18.0. The molecule has 0 atom stereocenters. The Morgan fingerprint density at radius 1 is 1.11 bits per heavy atom. The highest BCUT2D eigenvalue weighted by Crippen LogP contribution is 2.32. The number of nitrogens with zero attached hydrogens (tertiary/aromatic N) is 4. The molecule has 0 radical (unpaired) electrons. The quantitative estimate of drug-likeness (QED) is 0.889. The fraction of sp³-hybridized carbons (Fsp3) is 0.524. The van der Waals surface area contributed by atoms with Gasteiger partial charge in [-0.2, -0.15) is 4.98 Å². The van der Waals surface area contributed by atoms with E-state index in [-0.39, 0.29) is 6.03 Å². The number of hydrogen-bond donors (Lipinski definition) is 1. The van der Waals surface area contributed by atoms with E-state index in [4.69, 9.17) is 4.98 Å². The maximum absolute atomic E-state index is 12.4. The topological polar surface area (TPSA) is 53.4 Å².